The van der Waals surface area contributed by atoms with Crippen LogP contribution in [0, 0.1) is 0 Å². The van der Waals surface area contributed by atoms with Crippen LogP contribution in [0.25, 0.3) is 20.9 Å². The van der Waals surface area contributed by atoms with E-state index in [1.807, 2.05) is 35.7 Å². The molecule has 6 nitrogen and oxygen atoms in total. The zero-order chi connectivity index (χ0) is 17.2. The van der Waals surface area contributed by atoms with Crippen molar-refractivity contribution in [3.05, 3.63) is 52.6 Å². The average Bonchev–Trinajstić information content (AvgIpc) is 3.38. The number of fused-ring (bicyclic) bond motifs is 1. The van der Waals surface area contributed by atoms with Crippen LogP contribution in [0.5, 0.6) is 5.75 Å². The molecule has 0 saturated heterocycles. The summed E-state index contributed by atoms with van der Waals surface area (Å²) >= 11 is 3.07. The molecule has 0 spiro atoms. The van der Waals surface area contributed by atoms with Crippen molar-refractivity contribution in [3.63, 3.8) is 0 Å². The topological polar surface area (TPSA) is 79.9 Å². The Balaban J connectivity index is 1.45. The number of thiazole rings is 1. The highest BCUT2D eigenvalue weighted by molar-refractivity contribution is 7.20. The lowest BCUT2D eigenvalue weighted by molar-refractivity contribution is 0.0946. The van der Waals surface area contributed by atoms with E-state index < -0.39 is 0 Å². The van der Waals surface area contributed by atoms with E-state index in [0.717, 1.165) is 26.7 Å². The minimum atomic E-state index is -0.211. The molecule has 0 unspecified atom stereocenters. The van der Waals surface area contributed by atoms with Gasteiger partial charge < -0.3 is 15.0 Å². The van der Waals surface area contributed by atoms with Gasteiger partial charge in [0, 0.05) is 11.4 Å². The van der Waals surface area contributed by atoms with Gasteiger partial charge in [-0.2, -0.15) is 0 Å². The Labute approximate surface area is 151 Å². The van der Waals surface area contributed by atoms with Gasteiger partial charge in [0.05, 0.1) is 29.6 Å². The van der Waals surface area contributed by atoms with Crippen molar-refractivity contribution in [2.24, 2.45) is 0 Å². The quantitative estimate of drug-likeness (QED) is 0.561. The smallest absolute Gasteiger partial charge is 0.271 e. The molecular weight excluding hydrogens is 356 g/mol. The van der Waals surface area contributed by atoms with Crippen LogP contribution in [0.15, 0.2) is 41.1 Å². The van der Waals surface area contributed by atoms with Crippen LogP contribution in [-0.4, -0.2) is 28.0 Å². The van der Waals surface area contributed by atoms with E-state index in [0.29, 0.717) is 18.1 Å². The van der Waals surface area contributed by atoms with E-state index in [1.165, 1.54) is 11.3 Å². The fraction of sp³-hybridized carbons (Fsp3) is 0.118. The van der Waals surface area contributed by atoms with Crippen LogP contribution in [0.4, 0.5) is 0 Å². The monoisotopic (exact) mass is 370 g/mol. The zero-order valence-corrected chi connectivity index (χ0v) is 14.9. The number of hydrogen-bond donors (Lipinski definition) is 2. The number of carbonyl (C=O) groups excluding carboxylic acids is 1. The molecule has 4 aromatic rings. The van der Waals surface area contributed by atoms with E-state index in [9.17, 15) is 4.79 Å². The number of nitrogens with zero attached hydrogens (tertiary/aromatic N) is 2. The van der Waals surface area contributed by atoms with Crippen LogP contribution in [0.3, 0.4) is 0 Å². The van der Waals surface area contributed by atoms with Crippen LogP contribution < -0.4 is 10.1 Å². The second-order valence-corrected chi connectivity index (χ2v) is 7.07. The van der Waals surface area contributed by atoms with Crippen molar-refractivity contribution in [2.45, 2.75) is 6.54 Å². The van der Waals surface area contributed by atoms with Gasteiger partial charge in [-0.15, -0.1) is 22.7 Å². The van der Waals surface area contributed by atoms with E-state index in [4.69, 9.17) is 4.74 Å². The number of rotatable bonds is 5. The van der Waals surface area contributed by atoms with Gasteiger partial charge in [0.1, 0.15) is 22.3 Å². The highest BCUT2D eigenvalue weighted by atomic mass is 32.1. The molecule has 3 heterocycles. The average molecular weight is 370 g/mol. The van der Waals surface area contributed by atoms with Gasteiger partial charge in [0.25, 0.3) is 5.91 Å². The Hall–Kier alpha value is -2.71. The van der Waals surface area contributed by atoms with Gasteiger partial charge in [0.15, 0.2) is 0 Å². The van der Waals surface area contributed by atoms with Crippen molar-refractivity contribution in [2.75, 3.05) is 7.11 Å². The SMILES string of the molecule is COc1ccc2nc(CNC(=O)c3csc(-c4cccs4)n3)[nH]c2c1. The minimum Gasteiger partial charge on any atom is -0.497 e. The van der Waals surface area contributed by atoms with Gasteiger partial charge in [-0.05, 0) is 23.6 Å². The second-order valence-electron chi connectivity index (χ2n) is 5.26. The molecule has 126 valence electrons. The molecule has 0 atom stereocenters. The normalized spacial score (nSPS) is 10.9. The first-order valence-electron chi connectivity index (χ1n) is 7.53. The molecule has 1 aromatic carbocycles. The third-order valence-corrected chi connectivity index (χ3v) is 5.50. The lowest BCUT2D eigenvalue weighted by atomic mass is 10.3. The number of ether oxygens (including phenoxy) is 1. The first-order valence-corrected chi connectivity index (χ1v) is 9.29. The number of benzene rings is 1. The standard InChI is InChI=1S/C17H14N4O2S2/c1-23-10-4-5-11-12(7-10)20-15(19-11)8-18-16(22)13-9-25-17(21-13)14-3-2-6-24-14/h2-7,9H,8H2,1H3,(H,18,22)(H,19,20). The molecule has 25 heavy (non-hydrogen) atoms. The zero-order valence-electron chi connectivity index (χ0n) is 13.3. The molecule has 3 aromatic heterocycles. The number of nitrogens with one attached hydrogen (secondary N) is 2. The van der Waals surface area contributed by atoms with Crippen molar-refractivity contribution < 1.29 is 9.53 Å². The van der Waals surface area contributed by atoms with Gasteiger partial charge in [0.2, 0.25) is 0 Å². The summed E-state index contributed by atoms with van der Waals surface area (Å²) in [5.41, 5.74) is 2.13. The summed E-state index contributed by atoms with van der Waals surface area (Å²) < 4.78 is 5.20. The Kier molecular flexibility index (Phi) is 4.21. The number of H-pyrrole nitrogens is 1. The first kappa shape index (κ1) is 15.8. The molecule has 4 rings (SSSR count). The summed E-state index contributed by atoms with van der Waals surface area (Å²) in [7, 11) is 1.62. The lowest BCUT2D eigenvalue weighted by Gasteiger charge is -1.99. The molecule has 0 aliphatic heterocycles. The Morgan fingerprint density at radius 1 is 1.28 bits per heavy atom. The number of methoxy groups -OCH3 is 1. The van der Waals surface area contributed by atoms with Crippen LogP contribution in [0.2, 0.25) is 0 Å². The molecule has 8 heteroatoms. The molecule has 0 aliphatic rings. The van der Waals surface area contributed by atoms with Gasteiger partial charge in [-0.3, -0.25) is 4.79 Å². The maximum Gasteiger partial charge on any atom is 0.271 e. The molecule has 0 saturated carbocycles. The number of amides is 1. The summed E-state index contributed by atoms with van der Waals surface area (Å²) in [5.74, 6) is 1.23. The number of aromatic nitrogens is 3. The van der Waals surface area contributed by atoms with Crippen molar-refractivity contribution in [3.8, 4) is 15.6 Å². The van der Waals surface area contributed by atoms with E-state index in [1.54, 1.807) is 23.8 Å². The highest BCUT2D eigenvalue weighted by Gasteiger charge is 2.13. The third kappa shape index (κ3) is 3.26. The molecule has 0 aliphatic carbocycles. The molecule has 1 amide bonds. The highest BCUT2D eigenvalue weighted by Crippen LogP contribution is 2.27. The fourth-order valence-electron chi connectivity index (χ4n) is 2.40. The Morgan fingerprint density at radius 2 is 2.20 bits per heavy atom. The van der Waals surface area contributed by atoms with E-state index >= 15 is 0 Å². The van der Waals surface area contributed by atoms with E-state index in [2.05, 4.69) is 20.3 Å². The van der Waals surface area contributed by atoms with Crippen LogP contribution in [-0.2, 0) is 6.54 Å². The molecular formula is C17H14N4O2S2. The number of aromatic amines is 1. The molecule has 0 fully saturated rings. The summed E-state index contributed by atoms with van der Waals surface area (Å²) in [4.78, 5) is 25.4. The van der Waals surface area contributed by atoms with Crippen molar-refractivity contribution in [1.82, 2.24) is 20.3 Å². The number of hydrogen-bond acceptors (Lipinski definition) is 6. The minimum absolute atomic E-state index is 0.211. The van der Waals surface area contributed by atoms with Crippen molar-refractivity contribution >= 4 is 39.6 Å². The summed E-state index contributed by atoms with van der Waals surface area (Å²) in [5, 5.41) is 7.47. The van der Waals surface area contributed by atoms with Gasteiger partial charge in [-0.25, -0.2) is 9.97 Å². The second kappa shape index (κ2) is 6.66. The predicted molar refractivity (Wildman–Crippen MR) is 99.2 cm³/mol. The molecule has 2 N–H and O–H groups in total. The molecule has 0 radical (unpaired) electrons. The Bertz CT molecular complexity index is 1020. The van der Waals surface area contributed by atoms with Gasteiger partial charge in [-0.1, -0.05) is 6.07 Å². The Morgan fingerprint density at radius 3 is 3.00 bits per heavy atom. The maximum absolute atomic E-state index is 12.3. The van der Waals surface area contributed by atoms with Crippen LogP contribution >= 0.6 is 22.7 Å². The maximum atomic E-state index is 12.3. The summed E-state index contributed by atoms with van der Waals surface area (Å²) in [6, 6.07) is 9.57. The largest absolute Gasteiger partial charge is 0.497 e. The van der Waals surface area contributed by atoms with Gasteiger partial charge >= 0.3 is 0 Å². The summed E-state index contributed by atoms with van der Waals surface area (Å²) in [6.45, 7) is 0.307. The fourth-order valence-corrected chi connectivity index (χ4v) is 4.01. The number of carbonyl (C=O) groups is 1. The molecule has 0 bridgehead atoms. The summed E-state index contributed by atoms with van der Waals surface area (Å²) in [6.07, 6.45) is 0. The number of thiophene rings is 1. The third-order valence-electron chi connectivity index (χ3n) is 3.62. The van der Waals surface area contributed by atoms with E-state index in [-0.39, 0.29) is 5.91 Å². The first-order chi connectivity index (χ1) is 12.2. The van der Waals surface area contributed by atoms with Crippen molar-refractivity contribution in [1.29, 1.82) is 0 Å². The predicted octanol–water partition coefficient (Wildman–Crippen LogP) is 3.69. The number of imidazole rings is 1. The van der Waals surface area contributed by atoms with Crippen LogP contribution in [0.1, 0.15) is 16.3 Å². The lowest BCUT2D eigenvalue weighted by Crippen LogP contribution is -2.23.